The molecular weight excluding hydrogens is 246 g/mol. The quantitative estimate of drug-likeness (QED) is 0.633. The molecule has 2 N–H and O–H groups in total. The third kappa shape index (κ3) is 3.63. The average Bonchev–Trinajstić information content (AvgIpc) is 2.37. The zero-order chi connectivity index (χ0) is 14.6. The van der Waals surface area contributed by atoms with Crippen molar-refractivity contribution in [3.63, 3.8) is 0 Å². The number of anilines is 1. The molecule has 0 saturated heterocycles. The molecule has 0 aliphatic carbocycles. The van der Waals surface area contributed by atoms with E-state index in [1.165, 1.54) is 12.1 Å². The number of hydrogen-bond donors (Lipinski definition) is 1. The van der Waals surface area contributed by atoms with Crippen LogP contribution in [0.25, 0.3) is 0 Å². The molecule has 0 aliphatic heterocycles. The first kappa shape index (κ1) is 14.9. The van der Waals surface area contributed by atoms with E-state index in [4.69, 9.17) is 11.0 Å². The van der Waals surface area contributed by atoms with E-state index in [1.54, 1.807) is 6.07 Å². The number of rotatable bonds is 5. The van der Waals surface area contributed by atoms with Gasteiger partial charge in [-0.05, 0) is 18.0 Å². The normalized spacial score (nSPS) is 10.9. The van der Waals surface area contributed by atoms with Gasteiger partial charge in [0.2, 0.25) is 5.69 Å². The molecule has 0 bridgehead atoms. The van der Waals surface area contributed by atoms with Crippen LogP contribution in [-0.2, 0) is 0 Å². The van der Waals surface area contributed by atoms with Gasteiger partial charge in [-0.2, -0.15) is 5.26 Å². The molecule has 0 unspecified atom stereocenters. The molecule has 7 heteroatoms. The second kappa shape index (κ2) is 5.63. The van der Waals surface area contributed by atoms with Crippen molar-refractivity contribution in [2.24, 2.45) is 11.1 Å². The van der Waals surface area contributed by atoms with Crippen LogP contribution in [0.1, 0.15) is 19.5 Å². The highest BCUT2D eigenvalue weighted by Crippen LogP contribution is 2.22. The Bertz CT molecular complexity index is 521. The maximum Gasteiger partial charge on any atom is 0.305 e. The molecule has 0 aliphatic rings. The topological polar surface area (TPSA) is 109 Å². The zero-order valence-electron chi connectivity index (χ0n) is 11.3. The molecule has 1 heterocycles. The van der Waals surface area contributed by atoms with Crippen molar-refractivity contribution in [3.05, 3.63) is 27.9 Å². The lowest BCUT2D eigenvalue weighted by molar-refractivity contribution is -0.385. The maximum absolute atomic E-state index is 10.7. The van der Waals surface area contributed by atoms with Gasteiger partial charge < -0.3 is 10.6 Å². The van der Waals surface area contributed by atoms with Crippen LogP contribution < -0.4 is 10.6 Å². The standard InChI is InChI=1S/C12H17N5O2/c1-12(2,7-14)8-16(3)11-5-4-10(17(18)19)9(6-13)15-11/h4-5H,7-8,14H2,1-3H3. The van der Waals surface area contributed by atoms with Crippen molar-refractivity contribution < 1.29 is 4.92 Å². The van der Waals surface area contributed by atoms with E-state index in [2.05, 4.69) is 4.98 Å². The fourth-order valence-electron chi connectivity index (χ4n) is 1.67. The average molecular weight is 263 g/mol. The van der Waals surface area contributed by atoms with Crippen LogP contribution in [-0.4, -0.2) is 30.0 Å². The summed E-state index contributed by atoms with van der Waals surface area (Å²) in [7, 11) is 1.81. The predicted octanol–water partition coefficient (Wildman–Crippen LogP) is 1.28. The molecule has 0 saturated carbocycles. The number of pyridine rings is 1. The van der Waals surface area contributed by atoms with Crippen molar-refractivity contribution in [2.75, 3.05) is 25.0 Å². The summed E-state index contributed by atoms with van der Waals surface area (Å²) < 4.78 is 0. The number of nitrogens with zero attached hydrogens (tertiary/aromatic N) is 4. The van der Waals surface area contributed by atoms with Gasteiger partial charge in [0.15, 0.2) is 0 Å². The molecule has 0 spiro atoms. The molecule has 1 aromatic rings. The van der Waals surface area contributed by atoms with E-state index in [9.17, 15) is 10.1 Å². The summed E-state index contributed by atoms with van der Waals surface area (Å²) in [5.74, 6) is 0.517. The highest BCUT2D eigenvalue weighted by Gasteiger charge is 2.21. The van der Waals surface area contributed by atoms with Crippen LogP contribution >= 0.6 is 0 Å². The molecule has 0 amide bonds. The van der Waals surface area contributed by atoms with Gasteiger partial charge in [0, 0.05) is 19.7 Å². The van der Waals surface area contributed by atoms with Gasteiger partial charge in [0.1, 0.15) is 11.9 Å². The third-order valence-electron chi connectivity index (χ3n) is 2.77. The second-order valence-corrected chi connectivity index (χ2v) is 5.13. The highest BCUT2D eigenvalue weighted by atomic mass is 16.6. The highest BCUT2D eigenvalue weighted by molar-refractivity contribution is 5.51. The van der Waals surface area contributed by atoms with Crippen LogP contribution in [0.4, 0.5) is 11.5 Å². The van der Waals surface area contributed by atoms with E-state index in [0.29, 0.717) is 18.9 Å². The number of aromatic nitrogens is 1. The minimum absolute atomic E-state index is 0.106. The fraction of sp³-hybridized carbons (Fsp3) is 0.500. The summed E-state index contributed by atoms with van der Waals surface area (Å²) in [6.07, 6.45) is 0. The molecule has 0 aromatic carbocycles. The number of nitrogens with two attached hydrogens (primary N) is 1. The van der Waals surface area contributed by atoms with Gasteiger partial charge in [-0.15, -0.1) is 0 Å². The van der Waals surface area contributed by atoms with E-state index in [0.717, 1.165) is 0 Å². The lowest BCUT2D eigenvalue weighted by atomic mass is 9.93. The van der Waals surface area contributed by atoms with Crippen molar-refractivity contribution in [2.45, 2.75) is 13.8 Å². The van der Waals surface area contributed by atoms with Gasteiger partial charge >= 0.3 is 5.69 Å². The molecule has 0 fully saturated rings. The van der Waals surface area contributed by atoms with Gasteiger partial charge in [0.25, 0.3) is 0 Å². The van der Waals surface area contributed by atoms with E-state index in [1.807, 2.05) is 25.8 Å². The minimum Gasteiger partial charge on any atom is -0.359 e. The van der Waals surface area contributed by atoms with Crippen LogP contribution in [0.3, 0.4) is 0 Å². The van der Waals surface area contributed by atoms with Gasteiger partial charge in [-0.3, -0.25) is 10.1 Å². The Hall–Kier alpha value is -2.20. The Morgan fingerprint density at radius 2 is 2.21 bits per heavy atom. The Balaban J connectivity index is 3.04. The Morgan fingerprint density at radius 1 is 1.58 bits per heavy atom. The smallest absolute Gasteiger partial charge is 0.305 e. The lowest BCUT2D eigenvalue weighted by Crippen LogP contribution is -2.37. The van der Waals surface area contributed by atoms with Gasteiger partial charge in [-0.25, -0.2) is 4.98 Å². The summed E-state index contributed by atoms with van der Waals surface area (Å²) >= 11 is 0. The molecular formula is C12H17N5O2. The maximum atomic E-state index is 10.7. The molecule has 1 rings (SSSR count). The van der Waals surface area contributed by atoms with E-state index >= 15 is 0 Å². The lowest BCUT2D eigenvalue weighted by Gasteiger charge is -2.29. The van der Waals surface area contributed by atoms with Crippen molar-refractivity contribution in [1.29, 1.82) is 5.26 Å². The Morgan fingerprint density at radius 3 is 2.68 bits per heavy atom. The second-order valence-electron chi connectivity index (χ2n) is 5.13. The van der Waals surface area contributed by atoms with Crippen LogP contribution in [0.15, 0.2) is 12.1 Å². The molecule has 102 valence electrons. The SMILES string of the molecule is CN(CC(C)(C)CN)c1ccc([N+](=O)[O-])c(C#N)n1. The summed E-state index contributed by atoms with van der Waals surface area (Å²) in [4.78, 5) is 16.0. The largest absolute Gasteiger partial charge is 0.359 e. The van der Waals surface area contributed by atoms with Gasteiger partial charge in [-0.1, -0.05) is 13.8 Å². The monoisotopic (exact) mass is 263 g/mol. The van der Waals surface area contributed by atoms with E-state index in [-0.39, 0.29) is 16.8 Å². The summed E-state index contributed by atoms with van der Waals surface area (Å²) in [6, 6.07) is 4.58. The van der Waals surface area contributed by atoms with Crippen LogP contribution in [0.5, 0.6) is 0 Å². The first-order valence-electron chi connectivity index (χ1n) is 5.77. The third-order valence-corrected chi connectivity index (χ3v) is 2.77. The van der Waals surface area contributed by atoms with Crippen molar-refractivity contribution >= 4 is 11.5 Å². The Kier molecular flexibility index (Phi) is 4.40. The minimum atomic E-state index is -0.612. The summed E-state index contributed by atoms with van der Waals surface area (Å²) in [5, 5.41) is 19.6. The zero-order valence-corrected chi connectivity index (χ0v) is 11.3. The number of nitriles is 1. The number of nitro groups is 1. The molecule has 0 atom stereocenters. The van der Waals surface area contributed by atoms with Crippen molar-refractivity contribution in [3.8, 4) is 6.07 Å². The molecule has 1 aromatic heterocycles. The van der Waals surface area contributed by atoms with Crippen LogP contribution in [0, 0.1) is 26.9 Å². The molecule has 0 radical (unpaired) electrons. The van der Waals surface area contributed by atoms with Crippen LogP contribution in [0.2, 0.25) is 0 Å². The van der Waals surface area contributed by atoms with Gasteiger partial charge in [0.05, 0.1) is 4.92 Å². The van der Waals surface area contributed by atoms with E-state index < -0.39 is 4.92 Å². The first-order chi connectivity index (χ1) is 8.80. The Labute approximate surface area is 111 Å². The molecule has 7 nitrogen and oxygen atoms in total. The number of hydrogen-bond acceptors (Lipinski definition) is 6. The predicted molar refractivity (Wildman–Crippen MR) is 71.7 cm³/mol. The molecule has 19 heavy (non-hydrogen) atoms. The summed E-state index contributed by atoms with van der Waals surface area (Å²) in [6.45, 7) is 5.18. The fourth-order valence-corrected chi connectivity index (χ4v) is 1.67. The summed E-state index contributed by atoms with van der Waals surface area (Å²) in [5.41, 5.74) is 5.10. The van der Waals surface area contributed by atoms with Crippen molar-refractivity contribution in [1.82, 2.24) is 4.98 Å². The first-order valence-corrected chi connectivity index (χ1v) is 5.77.